The van der Waals surface area contributed by atoms with Crippen LogP contribution in [0, 0.1) is 10.1 Å². The molecule has 0 unspecified atom stereocenters. The maximum atomic E-state index is 10.5. The topological polar surface area (TPSA) is 122 Å². The van der Waals surface area contributed by atoms with E-state index in [1.54, 1.807) is 0 Å². The van der Waals surface area contributed by atoms with E-state index in [4.69, 9.17) is 9.47 Å². The lowest BCUT2D eigenvalue weighted by Gasteiger charge is -2.38. The Bertz CT molecular complexity index is 477. The number of nitro groups is 1. The molecule has 1 aliphatic heterocycles. The largest absolute Gasteiger partial charge is 0.462 e. The molecule has 0 aromatic heterocycles. The maximum Gasteiger partial charge on any atom is 0.269 e. The number of ether oxygens (including phenoxy) is 2. The van der Waals surface area contributed by atoms with Gasteiger partial charge in [0.25, 0.3) is 5.69 Å². The normalized spacial score (nSPS) is 33.7. The highest BCUT2D eigenvalue weighted by Crippen LogP contribution is 2.25. The van der Waals surface area contributed by atoms with E-state index in [0.717, 1.165) is 0 Å². The molecule has 5 atom stereocenters. The summed E-state index contributed by atoms with van der Waals surface area (Å²) in [7, 11) is 0. The first kappa shape index (κ1) is 14.7. The first-order valence-electron chi connectivity index (χ1n) is 6.01. The zero-order valence-electron chi connectivity index (χ0n) is 10.6. The number of hydrogen-bond donors (Lipinski definition) is 3. The standard InChI is InChI=1S/C12H15NO7/c1-6-9(14)10(15)11(16)12(19-6)20-8-4-2-7(3-5-8)13(17)18/h2-6,9-12,14-16H,1H3/t6-,9+,10-,11-,12-/m0/s1. The lowest BCUT2D eigenvalue weighted by molar-refractivity contribution is -0.384. The summed E-state index contributed by atoms with van der Waals surface area (Å²) in [5, 5.41) is 39.4. The fourth-order valence-electron chi connectivity index (χ4n) is 1.89. The lowest BCUT2D eigenvalue weighted by atomic mass is 10.00. The smallest absolute Gasteiger partial charge is 0.269 e. The minimum Gasteiger partial charge on any atom is -0.462 e. The zero-order valence-corrected chi connectivity index (χ0v) is 10.6. The number of non-ortho nitro benzene ring substituents is 1. The van der Waals surface area contributed by atoms with Crippen molar-refractivity contribution in [1.82, 2.24) is 0 Å². The molecule has 8 nitrogen and oxygen atoms in total. The van der Waals surface area contributed by atoms with Crippen molar-refractivity contribution in [2.75, 3.05) is 0 Å². The van der Waals surface area contributed by atoms with Crippen LogP contribution >= 0.6 is 0 Å². The first-order valence-corrected chi connectivity index (χ1v) is 6.01. The van der Waals surface area contributed by atoms with Crippen LogP contribution < -0.4 is 4.74 Å². The van der Waals surface area contributed by atoms with E-state index in [9.17, 15) is 25.4 Å². The average Bonchev–Trinajstić information content (AvgIpc) is 2.43. The molecule has 0 bridgehead atoms. The van der Waals surface area contributed by atoms with Gasteiger partial charge in [0.2, 0.25) is 6.29 Å². The van der Waals surface area contributed by atoms with Crippen LogP contribution in [0.15, 0.2) is 24.3 Å². The molecule has 0 amide bonds. The van der Waals surface area contributed by atoms with Crippen molar-refractivity contribution in [1.29, 1.82) is 0 Å². The molecule has 0 spiro atoms. The predicted octanol–water partition coefficient (Wildman–Crippen LogP) is -0.199. The summed E-state index contributed by atoms with van der Waals surface area (Å²) in [6.07, 6.45) is -5.89. The second-order valence-electron chi connectivity index (χ2n) is 4.55. The third kappa shape index (κ3) is 2.88. The third-order valence-corrected chi connectivity index (χ3v) is 3.11. The van der Waals surface area contributed by atoms with Crippen molar-refractivity contribution < 1.29 is 29.7 Å². The van der Waals surface area contributed by atoms with Gasteiger partial charge in [-0.2, -0.15) is 0 Å². The van der Waals surface area contributed by atoms with Gasteiger partial charge in [-0.3, -0.25) is 10.1 Å². The van der Waals surface area contributed by atoms with Crippen molar-refractivity contribution >= 4 is 5.69 Å². The molecule has 1 heterocycles. The molecule has 0 radical (unpaired) electrons. The Morgan fingerprint density at radius 1 is 1.15 bits per heavy atom. The molecule has 20 heavy (non-hydrogen) atoms. The molecule has 8 heteroatoms. The highest BCUT2D eigenvalue weighted by Gasteiger charge is 2.43. The minimum absolute atomic E-state index is 0.0914. The second kappa shape index (κ2) is 5.71. The second-order valence-corrected chi connectivity index (χ2v) is 4.55. The Labute approximate surface area is 114 Å². The maximum absolute atomic E-state index is 10.5. The Morgan fingerprint density at radius 3 is 2.30 bits per heavy atom. The highest BCUT2D eigenvalue weighted by atomic mass is 16.7. The molecule has 1 aromatic rings. The van der Waals surface area contributed by atoms with Gasteiger partial charge in [-0.1, -0.05) is 0 Å². The first-order chi connectivity index (χ1) is 9.40. The molecule has 1 aromatic carbocycles. The fourth-order valence-corrected chi connectivity index (χ4v) is 1.89. The van der Waals surface area contributed by atoms with E-state index < -0.39 is 35.6 Å². The Balaban J connectivity index is 2.07. The summed E-state index contributed by atoms with van der Waals surface area (Å²) in [5.74, 6) is 0.246. The molecule has 1 aliphatic rings. The molecular formula is C12H15NO7. The Kier molecular flexibility index (Phi) is 4.19. The van der Waals surface area contributed by atoms with Gasteiger partial charge in [0, 0.05) is 12.1 Å². The number of nitro benzene ring substituents is 1. The molecule has 110 valence electrons. The number of nitrogens with zero attached hydrogens (tertiary/aromatic N) is 1. The zero-order chi connectivity index (χ0) is 14.9. The van der Waals surface area contributed by atoms with Crippen LogP contribution in [0.1, 0.15) is 6.92 Å². The van der Waals surface area contributed by atoms with Crippen molar-refractivity contribution in [2.24, 2.45) is 0 Å². The van der Waals surface area contributed by atoms with E-state index in [0.29, 0.717) is 0 Å². The average molecular weight is 285 g/mol. The van der Waals surface area contributed by atoms with E-state index in [2.05, 4.69) is 0 Å². The van der Waals surface area contributed by atoms with Crippen LogP contribution in [-0.2, 0) is 4.74 Å². The van der Waals surface area contributed by atoms with E-state index >= 15 is 0 Å². The van der Waals surface area contributed by atoms with Gasteiger partial charge in [-0.15, -0.1) is 0 Å². The van der Waals surface area contributed by atoms with Gasteiger partial charge in [0.05, 0.1) is 11.0 Å². The minimum atomic E-state index is -1.42. The van der Waals surface area contributed by atoms with Crippen LogP contribution in [0.5, 0.6) is 5.75 Å². The summed E-state index contributed by atoms with van der Waals surface area (Å²) in [5.41, 5.74) is -0.0914. The number of aliphatic hydroxyl groups is 3. The van der Waals surface area contributed by atoms with E-state index in [1.165, 1.54) is 31.2 Å². The molecular weight excluding hydrogens is 270 g/mol. The molecule has 2 rings (SSSR count). The monoisotopic (exact) mass is 285 g/mol. The van der Waals surface area contributed by atoms with Crippen molar-refractivity contribution in [2.45, 2.75) is 37.6 Å². The van der Waals surface area contributed by atoms with Crippen LogP contribution in [-0.4, -0.2) is 50.9 Å². The fraction of sp³-hybridized carbons (Fsp3) is 0.500. The predicted molar refractivity (Wildman–Crippen MR) is 66.1 cm³/mol. The number of rotatable bonds is 3. The number of aliphatic hydroxyl groups excluding tert-OH is 3. The Hall–Kier alpha value is -1.74. The van der Waals surface area contributed by atoms with E-state index in [-0.39, 0.29) is 11.4 Å². The summed E-state index contributed by atoms with van der Waals surface area (Å²) in [6, 6.07) is 5.21. The molecule has 0 saturated carbocycles. The summed E-state index contributed by atoms with van der Waals surface area (Å²) >= 11 is 0. The highest BCUT2D eigenvalue weighted by molar-refractivity contribution is 5.36. The van der Waals surface area contributed by atoms with Gasteiger partial charge < -0.3 is 24.8 Å². The van der Waals surface area contributed by atoms with Gasteiger partial charge >= 0.3 is 0 Å². The van der Waals surface area contributed by atoms with Crippen LogP contribution in [0.25, 0.3) is 0 Å². The number of hydrogen-bond acceptors (Lipinski definition) is 7. The van der Waals surface area contributed by atoms with Gasteiger partial charge in [0.15, 0.2) is 0 Å². The van der Waals surface area contributed by atoms with Gasteiger partial charge in [-0.05, 0) is 19.1 Å². The van der Waals surface area contributed by atoms with Gasteiger partial charge in [0.1, 0.15) is 24.1 Å². The molecule has 1 fully saturated rings. The van der Waals surface area contributed by atoms with Crippen LogP contribution in [0.4, 0.5) is 5.69 Å². The van der Waals surface area contributed by atoms with Crippen molar-refractivity contribution in [3.63, 3.8) is 0 Å². The van der Waals surface area contributed by atoms with Crippen molar-refractivity contribution in [3.8, 4) is 5.75 Å². The summed E-state index contributed by atoms with van der Waals surface area (Å²) in [4.78, 5) is 9.97. The SMILES string of the molecule is C[C@@H]1O[C@@H](Oc2ccc([N+](=O)[O-])cc2)[C@@H](O)[C@@H](O)[C@@H]1O. The van der Waals surface area contributed by atoms with Crippen LogP contribution in [0.2, 0.25) is 0 Å². The molecule has 0 aliphatic carbocycles. The summed E-state index contributed by atoms with van der Waals surface area (Å²) in [6.45, 7) is 1.53. The molecule has 3 N–H and O–H groups in total. The molecule has 1 saturated heterocycles. The number of benzene rings is 1. The summed E-state index contributed by atoms with van der Waals surface area (Å²) < 4.78 is 10.6. The van der Waals surface area contributed by atoms with Crippen LogP contribution in [0.3, 0.4) is 0 Å². The Morgan fingerprint density at radius 2 is 1.75 bits per heavy atom. The van der Waals surface area contributed by atoms with Crippen molar-refractivity contribution in [3.05, 3.63) is 34.4 Å². The third-order valence-electron chi connectivity index (χ3n) is 3.11. The van der Waals surface area contributed by atoms with Gasteiger partial charge in [-0.25, -0.2) is 0 Å². The quantitative estimate of drug-likeness (QED) is 0.519. The van der Waals surface area contributed by atoms with E-state index in [1.807, 2.05) is 0 Å². The lowest BCUT2D eigenvalue weighted by Crippen LogP contribution is -2.58.